The molecule has 0 saturated carbocycles. The number of benzene rings is 2. The molecule has 1 atom stereocenters. The molecule has 0 radical (unpaired) electrons. The maximum absolute atomic E-state index is 12.4. The fourth-order valence-corrected chi connectivity index (χ4v) is 4.42. The molecule has 0 aromatic heterocycles. The molecule has 1 heterocycles. The van der Waals surface area contributed by atoms with Gasteiger partial charge in [-0.2, -0.15) is 0 Å². The van der Waals surface area contributed by atoms with Gasteiger partial charge in [-0.1, -0.05) is 23.9 Å². The molecule has 0 aliphatic carbocycles. The van der Waals surface area contributed by atoms with Crippen molar-refractivity contribution in [3.63, 3.8) is 0 Å². The number of nitrogens with zero attached hydrogens (tertiary/aromatic N) is 1. The lowest BCUT2D eigenvalue weighted by molar-refractivity contribution is -0.274. The topological polar surface area (TPSA) is 30.9 Å². The molecule has 0 spiro atoms. The molecule has 1 aliphatic rings. The summed E-state index contributed by atoms with van der Waals surface area (Å²) < 4.78 is 52.2. The van der Waals surface area contributed by atoms with E-state index in [1.165, 1.54) is 12.1 Å². The van der Waals surface area contributed by atoms with Crippen molar-refractivity contribution in [1.82, 2.24) is 4.90 Å². The number of halogens is 3. The predicted octanol–water partition coefficient (Wildman–Crippen LogP) is 6.02. The van der Waals surface area contributed by atoms with E-state index in [1.54, 1.807) is 38.1 Å². The van der Waals surface area contributed by atoms with Gasteiger partial charge in [0.2, 0.25) is 0 Å². The molecule has 2 aromatic rings. The number of alkyl halides is 3. The normalized spacial score (nSPS) is 16.6. The van der Waals surface area contributed by atoms with Gasteiger partial charge in [-0.25, -0.2) is 0 Å². The van der Waals surface area contributed by atoms with Crippen LogP contribution in [0, 0.1) is 6.92 Å². The van der Waals surface area contributed by atoms with E-state index in [0.717, 1.165) is 33.1 Å². The largest absolute Gasteiger partial charge is 0.573 e. The van der Waals surface area contributed by atoms with E-state index in [9.17, 15) is 13.2 Å². The van der Waals surface area contributed by atoms with Gasteiger partial charge < -0.3 is 19.1 Å². The monoisotopic (exact) mass is 425 g/mol. The third-order valence-corrected chi connectivity index (χ3v) is 5.61. The van der Waals surface area contributed by atoms with Crippen molar-refractivity contribution in [1.29, 1.82) is 0 Å². The molecule has 0 saturated heterocycles. The van der Waals surface area contributed by atoms with E-state index < -0.39 is 6.36 Å². The van der Waals surface area contributed by atoms with Gasteiger partial charge in [-0.15, -0.1) is 13.2 Å². The summed E-state index contributed by atoms with van der Waals surface area (Å²) in [6, 6.07) is 9.85. The molecule has 156 valence electrons. The van der Waals surface area contributed by atoms with Crippen LogP contribution in [0.5, 0.6) is 17.2 Å². The van der Waals surface area contributed by atoms with E-state index in [4.69, 9.17) is 9.47 Å². The standard InChI is InChI=1S/C21H22F3NO3S/c1-13-9-17(26-3)19(18(10-13)27-4)20-25(11-14(2)29-20)12-15-5-7-16(8-6-15)28-21(22,23)24/h5-11,20H,12H2,1-4H3. The molecule has 0 bridgehead atoms. The van der Waals surface area contributed by atoms with Gasteiger partial charge in [0.1, 0.15) is 22.6 Å². The molecule has 3 rings (SSSR count). The minimum atomic E-state index is -4.70. The number of allylic oxidation sites excluding steroid dienone is 1. The van der Waals surface area contributed by atoms with Gasteiger partial charge in [0.15, 0.2) is 0 Å². The third-order valence-electron chi connectivity index (χ3n) is 4.40. The first-order chi connectivity index (χ1) is 13.7. The zero-order chi connectivity index (χ0) is 21.2. The lowest BCUT2D eigenvalue weighted by Gasteiger charge is -2.28. The first-order valence-corrected chi connectivity index (χ1v) is 9.76. The molecule has 1 aliphatic heterocycles. The average Bonchev–Trinajstić information content (AvgIpc) is 3.01. The molecular formula is C21H22F3NO3S. The van der Waals surface area contributed by atoms with E-state index >= 15 is 0 Å². The fraction of sp³-hybridized carbons (Fsp3) is 0.333. The van der Waals surface area contributed by atoms with Gasteiger partial charge in [0.25, 0.3) is 0 Å². The van der Waals surface area contributed by atoms with E-state index in [1.807, 2.05) is 32.2 Å². The van der Waals surface area contributed by atoms with Crippen LogP contribution in [0.1, 0.15) is 29.0 Å². The predicted molar refractivity (Wildman–Crippen MR) is 107 cm³/mol. The number of ether oxygens (including phenoxy) is 3. The highest BCUT2D eigenvalue weighted by Crippen LogP contribution is 2.50. The SMILES string of the molecule is COc1cc(C)cc(OC)c1C1SC(C)=CN1Cc1ccc(OC(F)(F)F)cc1. The van der Waals surface area contributed by atoms with Crippen LogP contribution in [-0.4, -0.2) is 25.5 Å². The van der Waals surface area contributed by atoms with E-state index in [2.05, 4.69) is 9.64 Å². The summed E-state index contributed by atoms with van der Waals surface area (Å²) in [5.74, 6) is 1.24. The zero-order valence-corrected chi connectivity index (χ0v) is 17.4. The van der Waals surface area contributed by atoms with Crippen molar-refractivity contribution in [3.8, 4) is 17.2 Å². The molecule has 0 N–H and O–H groups in total. The van der Waals surface area contributed by atoms with Crippen LogP contribution in [0.15, 0.2) is 47.5 Å². The Balaban J connectivity index is 1.86. The van der Waals surface area contributed by atoms with Crippen molar-refractivity contribution in [2.24, 2.45) is 0 Å². The van der Waals surface area contributed by atoms with Crippen molar-refractivity contribution >= 4 is 11.8 Å². The molecular weight excluding hydrogens is 403 g/mol. The second kappa shape index (κ2) is 8.49. The highest BCUT2D eigenvalue weighted by Gasteiger charge is 2.32. The Morgan fingerprint density at radius 1 is 1.00 bits per heavy atom. The first-order valence-electron chi connectivity index (χ1n) is 8.88. The van der Waals surface area contributed by atoms with Gasteiger partial charge in [-0.05, 0) is 49.2 Å². The molecule has 0 fully saturated rings. The maximum Gasteiger partial charge on any atom is 0.573 e. The smallest absolute Gasteiger partial charge is 0.496 e. The molecule has 0 amide bonds. The van der Waals surface area contributed by atoms with Crippen LogP contribution in [0.3, 0.4) is 0 Å². The second-order valence-electron chi connectivity index (χ2n) is 6.66. The van der Waals surface area contributed by atoms with E-state index in [0.29, 0.717) is 6.54 Å². The second-order valence-corrected chi connectivity index (χ2v) is 7.98. The Hall–Kier alpha value is -2.48. The van der Waals surface area contributed by atoms with Crippen molar-refractivity contribution in [3.05, 3.63) is 64.2 Å². The molecule has 29 heavy (non-hydrogen) atoms. The number of rotatable bonds is 6. The number of thioether (sulfide) groups is 1. The van der Waals surface area contributed by atoms with Crippen molar-refractivity contribution in [2.45, 2.75) is 32.1 Å². The lowest BCUT2D eigenvalue weighted by atomic mass is 10.1. The van der Waals surface area contributed by atoms with Crippen LogP contribution >= 0.6 is 11.8 Å². The third kappa shape index (κ3) is 5.12. The summed E-state index contributed by atoms with van der Waals surface area (Å²) in [7, 11) is 3.25. The Kier molecular flexibility index (Phi) is 6.21. The minimum absolute atomic E-state index is 0.0772. The fourth-order valence-electron chi connectivity index (χ4n) is 3.25. The summed E-state index contributed by atoms with van der Waals surface area (Å²) in [5.41, 5.74) is 2.82. The highest BCUT2D eigenvalue weighted by atomic mass is 32.2. The van der Waals surface area contributed by atoms with Gasteiger partial charge in [0, 0.05) is 17.6 Å². The first kappa shape index (κ1) is 21.2. The van der Waals surface area contributed by atoms with Crippen molar-refractivity contribution < 1.29 is 27.4 Å². The van der Waals surface area contributed by atoms with Crippen LogP contribution in [0.4, 0.5) is 13.2 Å². The summed E-state index contributed by atoms with van der Waals surface area (Å²) in [6.45, 7) is 4.51. The highest BCUT2D eigenvalue weighted by molar-refractivity contribution is 8.03. The van der Waals surface area contributed by atoms with Gasteiger partial charge in [-0.3, -0.25) is 0 Å². The summed E-state index contributed by atoms with van der Waals surface area (Å²) >= 11 is 1.68. The molecule has 4 nitrogen and oxygen atoms in total. The molecule has 2 aromatic carbocycles. The summed E-state index contributed by atoms with van der Waals surface area (Å²) in [4.78, 5) is 3.24. The van der Waals surface area contributed by atoms with Crippen LogP contribution in [-0.2, 0) is 6.54 Å². The zero-order valence-electron chi connectivity index (χ0n) is 16.5. The lowest BCUT2D eigenvalue weighted by Crippen LogP contribution is -2.19. The van der Waals surface area contributed by atoms with Gasteiger partial charge in [0.05, 0.1) is 19.8 Å². The minimum Gasteiger partial charge on any atom is -0.496 e. The quantitative estimate of drug-likeness (QED) is 0.565. The van der Waals surface area contributed by atoms with Crippen molar-refractivity contribution in [2.75, 3.05) is 14.2 Å². The molecule has 1 unspecified atom stereocenters. The number of aryl methyl sites for hydroxylation is 1. The Morgan fingerprint density at radius 3 is 2.10 bits per heavy atom. The Labute approximate surface area is 172 Å². The number of hydrogen-bond donors (Lipinski definition) is 0. The van der Waals surface area contributed by atoms with Crippen LogP contribution < -0.4 is 14.2 Å². The van der Waals surface area contributed by atoms with Crippen LogP contribution in [0.25, 0.3) is 0 Å². The Morgan fingerprint density at radius 2 is 1.59 bits per heavy atom. The number of methoxy groups -OCH3 is 2. The van der Waals surface area contributed by atoms with E-state index in [-0.39, 0.29) is 11.1 Å². The average molecular weight is 425 g/mol. The molecule has 8 heteroatoms. The summed E-state index contributed by atoms with van der Waals surface area (Å²) in [6.07, 6.45) is -2.66. The number of hydrogen-bond acceptors (Lipinski definition) is 5. The summed E-state index contributed by atoms with van der Waals surface area (Å²) in [5, 5.41) is -0.0772. The maximum atomic E-state index is 12.4. The van der Waals surface area contributed by atoms with Crippen LogP contribution in [0.2, 0.25) is 0 Å². The Bertz CT molecular complexity index is 872. The van der Waals surface area contributed by atoms with Gasteiger partial charge >= 0.3 is 6.36 Å².